The molecule has 1 N–H and O–H groups in total. The maximum atomic E-state index is 9.60. The van der Waals surface area contributed by atoms with Crippen molar-refractivity contribution in [2.75, 3.05) is 13.6 Å². The van der Waals surface area contributed by atoms with Crippen molar-refractivity contribution in [3.05, 3.63) is 0 Å². The highest BCUT2D eigenvalue weighted by Crippen LogP contribution is 1.68. The van der Waals surface area contributed by atoms with Crippen molar-refractivity contribution in [2.45, 2.75) is 0 Å². The maximum Gasteiger partial charge on any atom is 0.327 e. The summed E-state index contributed by atoms with van der Waals surface area (Å²) in [6.07, 6.45) is 0. The van der Waals surface area contributed by atoms with Crippen molar-refractivity contribution in [3.63, 3.8) is 0 Å². The molecule has 4 nitrogen and oxygen atoms in total. The molecule has 0 aliphatic heterocycles. The van der Waals surface area contributed by atoms with E-state index in [0.717, 1.165) is 0 Å². The molecule has 0 atom stereocenters. The Balaban J connectivity index is 3.14. The Bertz CT molecular complexity index is 88.9. The van der Waals surface area contributed by atoms with Crippen molar-refractivity contribution >= 4 is 5.97 Å². The van der Waals surface area contributed by atoms with Crippen LogP contribution < -0.4 is 0 Å². The molecule has 0 aliphatic carbocycles. The summed E-state index contributed by atoms with van der Waals surface area (Å²) in [6.45, 7) is -0.226. The second kappa shape index (κ2) is 3.27. The number of carbonyl (C=O) groups is 1. The summed E-state index contributed by atoms with van der Waals surface area (Å²) in [6, 6.07) is 0. The summed E-state index contributed by atoms with van der Waals surface area (Å²) in [5.74, 6) is -0.953. The summed E-state index contributed by atoms with van der Waals surface area (Å²) < 4.78 is 0. The van der Waals surface area contributed by atoms with Crippen LogP contribution in [0.2, 0.25) is 0 Å². The van der Waals surface area contributed by atoms with E-state index >= 15 is 0 Å². The highest BCUT2D eigenvalue weighted by atomic mass is 16.4. The molecular formula is C3H6N2O2. The number of aliphatic carboxylic acids is 1. The number of hydrogen-bond donors (Lipinski definition) is 1. The molecule has 0 aliphatic rings. The Hall–Kier alpha value is -0.930. The van der Waals surface area contributed by atoms with Crippen molar-refractivity contribution < 1.29 is 9.90 Å². The van der Waals surface area contributed by atoms with Gasteiger partial charge in [0.1, 0.15) is 0 Å². The van der Waals surface area contributed by atoms with Gasteiger partial charge in [0.15, 0.2) is 6.54 Å². The standard InChI is InChI=1S/C3H6N2O2/c1-4-5-2-3(6)7/h2H2,1H3,(H,6,7). The molecule has 0 fully saturated rings. The lowest BCUT2D eigenvalue weighted by molar-refractivity contribution is -0.135. The van der Waals surface area contributed by atoms with Crippen LogP contribution in [0.5, 0.6) is 0 Å². The first-order chi connectivity index (χ1) is 3.27. The summed E-state index contributed by atoms with van der Waals surface area (Å²) in [4.78, 5) is 9.60. The van der Waals surface area contributed by atoms with Crippen LogP contribution in [0.4, 0.5) is 0 Å². The molecule has 0 heterocycles. The molecule has 0 aromatic heterocycles. The summed E-state index contributed by atoms with van der Waals surface area (Å²) >= 11 is 0. The number of azo groups is 1. The SMILES string of the molecule is CN=NCC(=O)O. The Morgan fingerprint density at radius 2 is 2.43 bits per heavy atom. The highest BCUT2D eigenvalue weighted by molar-refractivity contribution is 5.68. The predicted octanol–water partition coefficient (Wildman–Crippen LogP) is 0.153. The van der Waals surface area contributed by atoms with Gasteiger partial charge in [0.2, 0.25) is 0 Å². The third-order valence-corrected chi connectivity index (χ3v) is 0.347. The van der Waals surface area contributed by atoms with Gasteiger partial charge in [-0.2, -0.15) is 10.2 Å². The van der Waals surface area contributed by atoms with Crippen LogP contribution in [0.1, 0.15) is 0 Å². The Labute approximate surface area is 40.9 Å². The first-order valence-corrected chi connectivity index (χ1v) is 1.74. The van der Waals surface area contributed by atoms with Crippen LogP contribution in [0.25, 0.3) is 0 Å². The second-order valence-corrected chi connectivity index (χ2v) is 0.893. The van der Waals surface area contributed by atoms with Gasteiger partial charge in [-0.15, -0.1) is 0 Å². The van der Waals surface area contributed by atoms with Crippen molar-refractivity contribution in [1.29, 1.82) is 0 Å². The van der Waals surface area contributed by atoms with E-state index in [1.165, 1.54) is 7.05 Å². The van der Waals surface area contributed by atoms with Gasteiger partial charge in [0, 0.05) is 7.05 Å². The fraction of sp³-hybridized carbons (Fsp3) is 0.667. The van der Waals surface area contributed by atoms with Crippen LogP contribution in [-0.2, 0) is 4.79 Å². The number of carboxylic acid groups (broad SMARTS) is 1. The minimum Gasteiger partial charge on any atom is -0.480 e. The molecule has 0 bridgehead atoms. The average molecular weight is 102 g/mol. The fourth-order valence-electron chi connectivity index (χ4n) is 0.131. The van der Waals surface area contributed by atoms with Gasteiger partial charge in [-0.25, -0.2) is 0 Å². The lowest BCUT2D eigenvalue weighted by Gasteiger charge is -1.77. The second-order valence-electron chi connectivity index (χ2n) is 0.893. The fourth-order valence-corrected chi connectivity index (χ4v) is 0.131. The minimum atomic E-state index is -0.953. The lowest BCUT2D eigenvalue weighted by Crippen LogP contribution is -1.97. The number of rotatable bonds is 2. The zero-order valence-electron chi connectivity index (χ0n) is 3.96. The Morgan fingerprint density at radius 3 is 2.57 bits per heavy atom. The van der Waals surface area contributed by atoms with E-state index in [1.54, 1.807) is 0 Å². The van der Waals surface area contributed by atoms with Crippen LogP contribution in [-0.4, -0.2) is 24.7 Å². The number of nitrogens with zero attached hydrogens (tertiary/aromatic N) is 2. The molecule has 0 saturated heterocycles. The summed E-state index contributed by atoms with van der Waals surface area (Å²) in [5, 5.41) is 14.3. The van der Waals surface area contributed by atoms with E-state index in [2.05, 4.69) is 10.2 Å². The molecule has 0 rings (SSSR count). The van der Waals surface area contributed by atoms with Crippen LogP contribution >= 0.6 is 0 Å². The first kappa shape index (κ1) is 6.07. The van der Waals surface area contributed by atoms with E-state index in [9.17, 15) is 4.79 Å². The zero-order valence-corrected chi connectivity index (χ0v) is 3.96. The van der Waals surface area contributed by atoms with Crippen LogP contribution in [0.3, 0.4) is 0 Å². The molecule has 0 spiro atoms. The van der Waals surface area contributed by atoms with E-state index < -0.39 is 5.97 Å². The van der Waals surface area contributed by atoms with Crippen molar-refractivity contribution in [3.8, 4) is 0 Å². The molecule has 0 saturated carbocycles. The van der Waals surface area contributed by atoms with Gasteiger partial charge in [-0.1, -0.05) is 0 Å². The predicted molar refractivity (Wildman–Crippen MR) is 23.3 cm³/mol. The van der Waals surface area contributed by atoms with Crippen LogP contribution in [0.15, 0.2) is 10.2 Å². The van der Waals surface area contributed by atoms with Crippen LogP contribution in [0, 0.1) is 0 Å². The van der Waals surface area contributed by atoms with Gasteiger partial charge in [0.05, 0.1) is 0 Å². The third kappa shape index (κ3) is 5.07. The monoisotopic (exact) mass is 102 g/mol. The molecule has 7 heavy (non-hydrogen) atoms. The molecule has 0 amide bonds. The molecule has 4 heteroatoms. The molecular weight excluding hydrogens is 96.0 g/mol. The number of carboxylic acids is 1. The van der Waals surface area contributed by atoms with E-state index in [1.807, 2.05) is 0 Å². The molecule has 0 radical (unpaired) electrons. The van der Waals surface area contributed by atoms with Gasteiger partial charge in [-0.05, 0) is 0 Å². The summed E-state index contributed by atoms with van der Waals surface area (Å²) in [7, 11) is 1.43. The van der Waals surface area contributed by atoms with Gasteiger partial charge >= 0.3 is 5.97 Å². The highest BCUT2D eigenvalue weighted by Gasteiger charge is 1.87. The van der Waals surface area contributed by atoms with Gasteiger partial charge < -0.3 is 5.11 Å². The van der Waals surface area contributed by atoms with E-state index in [4.69, 9.17) is 5.11 Å². The normalized spacial score (nSPS) is 9.86. The minimum absolute atomic E-state index is 0.226. The van der Waals surface area contributed by atoms with Crippen molar-refractivity contribution in [1.82, 2.24) is 0 Å². The van der Waals surface area contributed by atoms with E-state index in [-0.39, 0.29) is 6.54 Å². The lowest BCUT2D eigenvalue weighted by atomic mass is 10.7. The third-order valence-electron chi connectivity index (χ3n) is 0.347. The molecule has 0 aromatic rings. The summed E-state index contributed by atoms with van der Waals surface area (Å²) in [5.41, 5.74) is 0. The van der Waals surface area contributed by atoms with E-state index in [0.29, 0.717) is 0 Å². The smallest absolute Gasteiger partial charge is 0.327 e. The quantitative estimate of drug-likeness (QED) is 0.504. The van der Waals surface area contributed by atoms with Crippen molar-refractivity contribution in [2.24, 2.45) is 10.2 Å². The van der Waals surface area contributed by atoms with Gasteiger partial charge in [-0.3, -0.25) is 4.79 Å². The maximum absolute atomic E-state index is 9.60. The number of hydrogen-bond acceptors (Lipinski definition) is 3. The topological polar surface area (TPSA) is 62.0 Å². The molecule has 0 aromatic carbocycles. The Kier molecular flexibility index (Phi) is 2.83. The largest absolute Gasteiger partial charge is 0.480 e. The Morgan fingerprint density at radius 1 is 1.86 bits per heavy atom. The molecule has 0 unspecified atom stereocenters. The zero-order chi connectivity index (χ0) is 5.70. The average Bonchev–Trinajstić information content (AvgIpc) is 1.61. The molecule has 40 valence electrons. The first-order valence-electron chi connectivity index (χ1n) is 1.74. The van der Waals surface area contributed by atoms with Gasteiger partial charge in [0.25, 0.3) is 0 Å².